The predicted molar refractivity (Wildman–Crippen MR) is 74.9 cm³/mol. The van der Waals surface area contributed by atoms with E-state index in [1.807, 2.05) is 0 Å². The van der Waals surface area contributed by atoms with E-state index in [9.17, 15) is 9.50 Å². The number of nitrogens with one attached hydrogen (secondary N) is 1. The summed E-state index contributed by atoms with van der Waals surface area (Å²) in [5, 5.41) is 12.6. The summed E-state index contributed by atoms with van der Waals surface area (Å²) in [4.78, 5) is 0. The van der Waals surface area contributed by atoms with Crippen LogP contribution in [0.4, 0.5) is 10.1 Å². The Hall–Kier alpha value is -2.43. The quantitative estimate of drug-likeness (QED) is 0.881. The van der Waals surface area contributed by atoms with Crippen LogP contribution in [0.25, 0.3) is 0 Å². The van der Waals surface area contributed by atoms with Crippen LogP contribution in [0.5, 0.6) is 17.2 Å². The minimum atomic E-state index is -0.358. The molecule has 0 fully saturated rings. The largest absolute Gasteiger partial charge is 0.504 e. The highest BCUT2D eigenvalue weighted by Crippen LogP contribution is 2.27. The SMILES string of the molecule is COc1ccc(F)c(NCc2ccc(OC)c(O)c2)c1. The fourth-order valence-electron chi connectivity index (χ4n) is 1.81. The number of hydrogen-bond donors (Lipinski definition) is 2. The van der Waals surface area contributed by atoms with Crippen molar-refractivity contribution >= 4 is 5.69 Å². The summed E-state index contributed by atoms with van der Waals surface area (Å²) in [6.07, 6.45) is 0. The van der Waals surface area contributed by atoms with Gasteiger partial charge in [-0.15, -0.1) is 0 Å². The smallest absolute Gasteiger partial charge is 0.160 e. The maximum atomic E-state index is 13.6. The standard InChI is InChI=1S/C15H16FNO3/c1-19-11-4-5-12(16)13(8-11)17-9-10-3-6-15(20-2)14(18)7-10/h3-8,17-18H,9H2,1-2H3. The highest BCUT2D eigenvalue weighted by atomic mass is 19.1. The molecule has 0 aliphatic heterocycles. The van der Waals surface area contributed by atoms with Crippen molar-refractivity contribution in [2.24, 2.45) is 0 Å². The monoisotopic (exact) mass is 277 g/mol. The Balaban J connectivity index is 2.10. The molecule has 2 rings (SSSR count). The molecule has 0 unspecified atom stereocenters. The van der Waals surface area contributed by atoms with Crippen molar-refractivity contribution in [2.45, 2.75) is 6.54 Å². The fraction of sp³-hybridized carbons (Fsp3) is 0.200. The average Bonchev–Trinajstić information content (AvgIpc) is 2.46. The zero-order valence-electron chi connectivity index (χ0n) is 11.3. The number of anilines is 1. The number of benzene rings is 2. The maximum absolute atomic E-state index is 13.6. The van der Waals surface area contributed by atoms with Gasteiger partial charge in [0.25, 0.3) is 0 Å². The number of aromatic hydroxyl groups is 1. The lowest BCUT2D eigenvalue weighted by atomic mass is 10.2. The molecule has 0 spiro atoms. The van der Waals surface area contributed by atoms with Crippen molar-refractivity contribution in [3.63, 3.8) is 0 Å². The second-order valence-corrected chi connectivity index (χ2v) is 4.21. The van der Waals surface area contributed by atoms with E-state index < -0.39 is 0 Å². The molecule has 0 atom stereocenters. The number of ether oxygens (including phenoxy) is 2. The van der Waals surface area contributed by atoms with Crippen LogP contribution in [0.1, 0.15) is 5.56 Å². The Kier molecular flexibility index (Phi) is 4.30. The van der Waals surface area contributed by atoms with Crippen molar-refractivity contribution in [3.05, 3.63) is 47.8 Å². The Bertz CT molecular complexity index is 602. The molecule has 106 valence electrons. The average molecular weight is 277 g/mol. The Morgan fingerprint density at radius 1 is 1.10 bits per heavy atom. The van der Waals surface area contributed by atoms with Crippen LogP contribution in [0, 0.1) is 5.82 Å². The van der Waals surface area contributed by atoms with Crippen LogP contribution in [-0.2, 0) is 6.54 Å². The molecule has 4 nitrogen and oxygen atoms in total. The normalized spacial score (nSPS) is 10.2. The van der Waals surface area contributed by atoms with Crippen LogP contribution < -0.4 is 14.8 Å². The van der Waals surface area contributed by atoms with Gasteiger partial charge >= 0.3 is 0 Å². The number of phenolic OH excluding ortho intramolecular Hbond substituents is 1. The summed E-state index contributed by atoms with van der Waals surface area (Å²) in [5.41, 5.74) is 1.16. The third-order valence-corrected chi connectivity index (χ3v) is 2.90. The minimum absolute atomic E-state index is 0.0536. The van der Waals surface area contributed by atoms with E-state index in [0.29, 0.717) is 23.7 Å². The Labute approximate surface area is 116 Å². The van der Waals surface area contributed by atoms with Gasteiger partial charge in [-0.3, -0.25) is 0 Å². The second kappa shape index (κ2) is 6.14. The molecule has 0 saturated carbocycles. The minimum Gasteiger partial charge on any atom is -0.504 e. The molecule has 20 heavy (non-hydrogen) atoms. The summed E-state index contributed by atoms with van der Waals surface area (Å²) >= 11 is 0. The molecule has 2 aromatic rings. The molecule has 0 heterocycles. The van der Waals surface area contributed by atoms with Crippen LogP contribution >= 0.6 is 0 Å². The van der Waals surface area contributed by atoms with Gasteiger partial charge in [-0.25, -0.2) is 4.39 Å². The van der Waals surface area contributed by atoms with Crippen molar-refractivity contribution in [1.82, 2.24) is 0 Å². The third-order valence-electron chi connectivity index (χ3n) is 2.90. The zero-order valence-corrected chi connectivity index (χ0v) is 11.3. The van der Waals surface area contributed by atoms with Crippen LogP contribution in [-0.4, -0.2) is 19.3 Å². The lowest BCUT2D eigenvalue weighted by Gasteiger charge is -2.10. The van der Waals surface area contributed by atoms with Crippen molar-refractivity contribution in [2.75, 3.05) is 19.5 Å². The number of rotatable bonds is 5. The van der Waals surface area contributed by atoms with Crippen molar-refractivity contribution in [1.29, 1.82) is 0 Å². The van der Waals surface area contributed by atoms with E-state index in [1.54, 1.807) is 30.3 Å². The lowest BCUT2D eigenvalue weighted by Crippen LogP contribution is -2.02. The van der Waals surface area contributed by atoms with Gasteiger partial charge in [-0.1, -0.05) is 6.07 Å². The fourth-order valence-corrected chi connectivity index (χ4v) is 1.81. The Morgan fingerprint density at radius 2 is 1.90 bits per heavy atom. The molecular weight excluding hydrogens is 261 g/mol. The van der Waals surface area contributed by atoms with E-state index in [1.165, 1.54) is 20.3 Å². The van der Waals surface area contributed by atoms with E-state index >= 15 is 0 Å². The number of halogens is 1. The van der Waals surface area contributed by atoms with Crippen LogP contribution in [0.3, 0.4) is 0 Å². The van der Waals surface area contributed by atoms with Gasteiger partial charge in [0.2, 0.25) is 0 Å². The van der Waals surface area contributed by atoms with Crippen LogP contribution in [0.2, 0.25) is 0 Å². The third kappa shape index (κ3) is 3.12. The van der Waals surface area contributed by atoms with Gasteiger partial charge < -0.3 is 19.9 Å². The molecule has 0 radical (unpaired) electrons. The summed E-state index contributed by atoms with van der Waals surface area (Å²) in [6, 6.07) is 9.51. The number of hydrogen-bond acceptors (Lipinski definition) is 4. The first-order valence-electron chi connectivity index (χ1n) is 6.07. The van der Waals surface area contributed by atoms with Crippen molar-refractivity contribution < 1.29 is 19.0 Å². The first-order chi connectivity index (χ1) is 9.63. The van der Waals surface area contributed by atoms with Crippen molar-refractivity contribution in [3.8, 4) is 17.2 Å². The zero-order chi connectivity index (χ0) is 14.5. The van der Waals surface area contributed by atoms with Gasteiger partial charge in [0.05, 0.1) is 19.9 Å². The molecule has 0 saturated heterocycles. The van der Waals surface area contributed by atoms with Gasteiger partial charge in [-0.05, 0) is 29.8 Å². The molecule has 0 bridgehead atoms. The number of phenols is 1. The lowest BCUT2D eigenvalue weighted by molar-refractivity contribution is 0.373. The summed E-state index contributed by atoms with van der Waals surface area (Å²) in [7, 11) is 3.01. The van der Waals surface area contributed by atoms with E-state index in [2.05, 4.69) is 5.32 Å². The molecule has 0 aliphatic carbocycles. The molecule has 2 N–H and O–H groups in total. The summed E-state index contributed by atoms with van der Waals surface area (Å²) in [5.74, 6) is 0.675. The first kappa shape index (κ1) is 14.0. The number of methoxy groups -OCH3 is 2. The molecular formula is C15H16FNO3. The molecule has 0 aromatic heterocycles. The first-order valence-corrected chi connectivity index (χ1v) is 6.07. The van der Waals surface area contributed by atoms with E-state index in [0.717, 1.165) is 5.56 Å². The molecule has 2 aromatic carbocycles. The molecule has 5 heteroatoms. The van der Waals surface area contributed by atoms with E-state index in [4.69, 9.17) is 9.47 Å². The molecule has 0 aliphatic rings. The summed E-state index contributed by atoms with van der Waals surface area (Å²) < 4.78 is 23.6. The highest BCUT2D eigenvalue weighted by molar-refractivity contribution is 5.50. The van der Waals surface area contributed by atoms with Crippen LogP contribution in [0.15, 0.2) is 36.4 Å². The predicted octanol–water partition coefficient (Wildman–Crippen LogP) is 3.16. The van der Waals surface area contributed by atoms with Gasteiger partial charge in [0, 0.05) is 12.6 Å². The van der Waals surface area contributed by atoms with Gasteiger partial charge in [-0.2, -0.15) is 0 Å². The van der Waals surface area contributed by atoms with E-state index in [-0.39, 0.29) is 11.6 Å². The molecule has 0 amide bonds. The van der Waals surface area contributed by atoms with Gasteiger partial charge in [0.1, 0.15) is 11.6 Å². The summed E-state index contributed by atoms with van der Waals surface area (Å²) in [6.45, 7) is 0.377. The topological polar surface area (TPSA) is 50.7 Å². The second-order valence-electron chi connectivity index (χ2n) is 4.21. The maximum Gasteiger partial charge on any atom is 0.160 e. The van der Waals surface area contributed by atoms with Gasteiger partial charge in [0.15, 0.2) is 11.5 Å². The Morgan fingerprint density at radius 3 is 2.55 bits per heavy atom. The highest BCUT2D eigenvalue weighted by Gasteiger charge is 2.06.